The van der Waals surface area contributed by atoms with Gasteiger partial charge in [-0.3, -0.25) is 9.59 Å². The predicted octanol–water partition coefficient (Wildman–Crippen LogP) is 7.06. The van der Waals surface area contributed by atoms with Crippen molar-refractivity contribution in [2.45, 2.75) is 56.5 Å². The van der Waals surface area contributed by atoms with Gasteiger partial charge in [0, 0.05) is 40.4 Å². The summed E-state index contributed by atoms with van der Waals surface area (Å²) < 4.78 is 13.3. The zero-order valence-corrected chi connectivity index (χ0v) is 23.4. The van der Waals surface area contributed by atoms with Gasteiger partial charge in [0.2, 0.25) is 11.8 Å². The lowest BCUT2D eigenvalue weighted by Gasteiger charge is -2.33. The number of carbonyl (C=O) groups is 2. The summed E-state index contributed by atoms with van der Waals surface area (Å²) in [7, 11) is 0. The van der Waals surface area contributed by atoms with Gasteiger partial charge in [-0.1, -0.05) is 84.6 Å². The highest BCUT2D eigenvalue weighted by molar-refractivity contribution is 7.99. The minimum atomic E-state index is -0.732. The molecule has 8 heteroatoms. The molecule has 3 aromatic rings. The Balaban J connectivity index is 1.59. The zero-order valence-electron chi connectivity index (χ0n) is 21.0. The van der Waals surface area contributed by atoms with Gasteiger partial charge in [0.05, 0.1) is 5.75 Å². The van der Waals surface area contributed by atoms with Crippen LogP contribution in [-0.2, 0) is 28.3 Å². The van der Waals surface area contributed by atoms with Crippen LogP contribution in [0.4, 0.5) is 4.39 Å². The first-order valence-electron chi connectivity index (χ1n) is 12.8. The van der Waals surface area contributed by atoms with E-state index in [0.717, 1.165) is 36.8 Å². The third kappa shape index (κ3) is 7.98. The Morgan fingerprint density at radius 2 is 1.58 bits per heavy atom. The number of halogens is 3. The highest BCUT2D eigenvalue weighted by atomic mass is 35.5. The SMILES string of the molecule is O=C(NC1CCCC1)[C@@H](Cc1ccccc1)N(Cc1c(Cl)cccc1Cl)C(=O)CSCc1ccc(F)cc1. The summed E-state index contributed by atoms with van der Waals surface area (Å²) in [4.78, 5) is 29.1. The average Bonchev–Trinajstić information content (AvgIpc) is 3.42. The lowest BCUT2D eigenvalue weighted by atomic mass is 10.0. The maximum Gasteiger partial charge on any atom is 0.243 e. The number of hydrogen-bond acceptors (Lipinski definition) is 3. The van der Waals surface area contributed by atoms with Crippen LogP contribution in [0.25, 0.3) is 0 Å². The van der Waals surface area contributed by atoms with Crippen LogP contribution in [0.1, 0.15) is 42.4 Å². The van der Waals surface area contributed by atoms with Crippen molar-refractivity contribution in [1.29, 1.82) is 0 Å². The standard InChI is InChI=1S/C30H31Cl2FN2O2S/c31-26-11-6-12-27(32)25(26)18-35(29(36)20-38-19-22-13-15-23(33)16-14-22)28(17-21-7-2-1-3-8-21)30(37)34-24-9-4-5-10-24/h1-3,6-8,11-16,24,28H,4-5,9-10,17-20H2,(H,34,37)/t28-/m1/s1. The van der Waals surface area contributed by atoms with E-state index in [4.69, 9.17) is 23.2 Å². The molecule has 0 aliphatic heterocycles. The van der Waals surface area contributed by atoms with Crippen LogP contribution >= 0.6 is 35.0 Å². The highest BCUT2D eigenvalue weighted by Crippen LogP contribution is 2.28. The number of carbonyl (C=O) groups excluding carboxylic acids is 2. The molecule has 2 amide bonds. The van der Waals surface area contributed by atoms with E-state index in [1.54, 1.807) is 35.2 Å². The molecule has 1 fully saturated rings. The Morgan fingerprint density at radius 1 is 0.921 bits per heavy atom. The molecule has 0 heterocycles. The van der Waals surface area contributed by atoms with Crippen molar-refractivity contribution >= 4 is 46.8 Å². The quantitative estimate of drug-likeness (QED) is 0.267. The summed E-state index contributed by atoms with van der Waals surface area (Å²) in [5.41, 5.74) is 2.49. The third-order valence-electron chi connectivity index (χ3n) is 6.77. The Hall–Kier alpha value is -2.54. The number of amides is 2. The van der Waals surface area contributed by atoms with Crippen molar-refractivity contribution in [1.82, 2.24) is 10.2 Å². The fourth-order valence-corrected chi connectivity index (χ4v) is 6.08. The Morgan fingerprint density at radius 3 is 2.24 bits per heavy atom. The van der Waals surface area contributed by atoms with Crippen molar-refractivity contribution in [2.75, 3.05) is 5.75 Å². The molecule has 1 saturated carbocycles. The third-order valence-corrected chi connectivity index (χ3v) is 8.47. The van der Waals surface area contributed by atoms with Crippen LogP contribution in [0.3, 0.4) is 0 Å². The molecule has 0 aromatic heterocycles. The monoisotopic (exact) mass is 572 g/mol. The fraction of sp³-hybridized carbons (Fsp3) is 0.333. The molecule has 4 rings (SSSR count). The minimum Gasteiger partial charge on any atom is -0.352 e. The molecule has 0 radical (unpaired) electrons. The maximum atomic E-state index is 13.8. The molecule has 0 bridgehead atoms. The number of benzene rings is 3. The summed E-state index contributed by atoms with van der Waals surface area (Å²) in [6.45, 7) is 0.115. The molecular weight excluding hydrogens is 542 g/mol. The van der Waals surface area contributed by atoms with Crippen molar-refractivity contribution in [3.63, 3.8) is 0 Å². The molecule has 0 unspecified atom stereocenters. The predicted molar refractivity (Wildman–Crippen MR) is 154 cm³/mol. The number of nitrogens with one attached hydrogen (secondary N) is 1. The Labute approximate surface area is 237 Å². The van der Waals surface area contributed by atoms with Gasteiger partial charge in [-0.05, 0) is 48.2 Å². The summed E-state index contributed by atoms with van der Waals surface area (Å²) in [5, 5.41) is 4.09. The van der Waals surface area contributed by atoms with E-state index in [-0.39, 0.29) is 36.0 Å². The Bertz CT molecular complexity index is 1200. The molecule has 4 nitrogen and oxygen atoms in total. The molecule has 1 aliphatic carbocycles. The molecule has 3 aromatic carbocycles. The molecule has 1 aliphatic rings. The van der Waals surface area contributed by atoms with Crippen molar-refractivity contribution < 1.29 is 14.0 Å². The van der Waals surface area contributed by atoms with Crippen molar-refractivity contribution in [3.8, 4) is 0 Å². The molecule has 0 spiro atoms. The maximum absolute atomic E-state index is 13.8. The van der Waals surface area contributed by atoms with Crippen LogP contribution < -0.4 is 5.32 Å². The first-order valence-corrected chi connectivity index (χ1v) is 14.7. The van der Waals surface area contributed by atoms with Crippen LogP contribution in [0, 0.1) is 5.82 Å². The molecule has 200 valence electrons. The lowest BCUT2D eigenvalue weighted by Crippen LogP contribution is -2.52. The molecule has 0 saturated heterocycles. The largest absolute Gasteiger partial charge is 0.352 e. The van der Waals surface area contributed by atoms with Crippen molar-refractivity contribution in [3.05, 3.63) is 105 Å². The number of nitrogens with zero attached hydrogens (tertiary/aromatic N) is 1. The molecular formula is C30H31Cl2FN2O2S. The minimum absolute atomic E-state index is 0.115. The summed E-state index contributed by atoms with van der Waals surface area (Å²) in [6.07, 6.45) is 4.44. The fourth-order valence-electron chi connectivity index (χ4n) is 4.69. The second-order valence-corrected chi connectivity index (χ2v) is 11.3. The summed E-state index contributed by atoms with van der Waals surface area (Å²) in [5.74, 6) is 0.0530. The van der Waals surface area contributed by atoms with Crippen LogP contribution in [0.5, 0.6) is 0 Å². The topological polar surface area (TPSA) is 49.4 Å². The van der Waals surface area contributed by atoms with E-state index in [0.29, 0.717) is 27.8 Å². The van der Waals surface area contributed by atoms with Crippen molar-refractivity contribution in [2.24, 2.45) is 0 Å². The summed E-state index contributed by atoms with van der Waals surface area (Å²) in [6, 6.07) is 20.6. The van der Waals surface area contributed by atoms with E-state index >= 15 is 0 Å². The second kappa shape index (κ2) is 14.0. The van der Waals surface area contributed by atoms with Gasteiger partial charge in [-0.2, -0.15) is 0 Å². The second-order valence-electron chi connectivity index (χ2n) is 9.54. The zero-order chi connectivity index (χ0) is 26.9. The lowest BCUT2D eigenvalue weighted by molar-refractivity contribution is -0.139. The average molecular weight is 574 g/mol. The van der Waals surface area contributed by atoms with Gasteiger partial charge >= 0.3 is 0 Å². The number of thioether (sulfide) groups is 1. The first kappa shape index (κ1) is 28.5. The normalized spacial score (nSPS) is 14.3. The number of rotatable bonds is 11. The highest BCUT2D eigenvalue weighted by Gasteiger charge is 2.32. The van der Waals surface area contributed by atoms with Crippen LogP contribution in [0.15, 0.2) is 72.8 Å². The van der Waals surface area contributed by atoms with E-state index in [1.807, 2.05) is 30.3 Å². The van der Waals surface area contributed by atoms with Gasteiger partial charge in [0.1, 0.15) is 11.9 Å². The van der Waals surface area contributed by atoms with Gasteiger partial charge in [-0.25, -0.2) is 4.39 Å². The van der Waals surface area contributed by atoms with Gasteiger partial charge in [0.25, 0.3) is 0 Å². The molecule has 1 atom stereocenters. The van der Waals surface area contributed by atoms with E-state index in [1.165, 1.54) is 23.9 Å². The smallest absolute Gasteiger partial charge is 0.243 e. The number of hydrogen-bond donors (Lipinski definition) is 1. The van der Waals surface area contributed by atoms with Gasteiger partial charge < -0.3 is 10.2 Å². The first-order chi connectivity index (χ1) is 18.4. The van der Waals surface area contributed by atoms with E-state index < -0.39 is 6.04 Å². The van der Waals surface area contributed by atoms with Gasteiger partial charge in [-0.15, -0.1) is 11.8 Å². The van der Waals surface area contributed by atoms with Crippen LogP contribution in [-0.4, -0.2) is 34.6 Å². The van der Waals surface area contributed by atoms with Gasteiger partial charge in [0.15, 0.2) is 0 Å². The summed E-state index contributed by atoms with van der Waals surface area (Å²) >= 11 is 14.4. The molecule has 1 N–H and O–H groups in total. The molecule has 38 heavy (non-hydrogen) atoms. The van der Waals surface area contributed by atoms with E-state index in [9.17, 15) is 14.0 Å². The van der Waals surface area contributed by atoms with E-state index in [2.05, 4.69) is 5.32 Å². The Kier molecular flexibility index (Phi) is 10.5. The van der Waals surface area contributed by atoms with Crippen LogP contribution in [0.2, 0.25) is 10.0 Å².